The molecule has 118 valence electrons. The van der Waals surface area contributed by atoms with Crippen LogP contribution in [-0.4, -0.2) is 35.9 Å². The van der Waals surface area contributed by atoms with Gasteiger partial charge in [-0.05, 0) is 48.7 Å². The van der Waals surface area contributed by atoms with E-state index >= 15 is 0 Å². The first-order valence-electron chi connectivity index (χ1n) is 7.59. The average molecular weight is 356 g/mol. The molecule has 1 heterocycles. The molecule has 0 amide bonds. The number of halogens is 1. The summed E-state index contributed by atoms with van der Waals surface area (Å²) < 4.78 is 6.85. The van der Waals surface area contributed by atoms with Crippen molar-refractivity contribution in [1.82, 2.24) is 9.88 Å². The molecule has 21 heavy (non-hydrogen) atoms. The van der Waals surface area contributed by atoms with Gasteiger partial charge in [-0.2, -0.15) is 0 Å². The number of hydrogen-bond acceptors (Lipinski definition) is 3. The number of aryl methyl sites for hydroxylation is 1. The van der Waals surface area contributed by atoms with E-state index in [1.807, 2.05) is 31.3 Å². The summed E-state index contributed by atoms with van der Waals surface area (Å²) in [4.78, 5) is 11.0. The van der Waals surface area contributed by atoms with Crippen LogP contribution in [0.2, 0.25) is 0 Å². The summed E-state index contributed by atoms with van der Waals surface area (Å²) in [6, 6.07) is 1.97. The number of hydrogen-bond donors (Lipinski definition) is 0. The Labute approximate surface area is 136 Å². The first-order chi connectivity index (χ1) is 10.0. The maximum atomic E-state index is 6.00. The summed E-state index contributed by atoms with van der Waals surface area (Å²) in [5.74, 6) is 0.663. The number of pyridine rings is 1. The van der Waals surface area contributed by atoms with Crippen LogP contribution in [0.15, 0.2) is 15.5 Å². The zero-order chi connectivity index (χ0) is 15.8. The van der Waals surface area contributed by atoms with Crippen LogP contribution in [0.5, 0.6) is 5.88 Å². The zero-order valence-corrected chi connectivity index (χ0v) is 15.3. The molecule has 0 aromatic carbocycles. The molecule has 0 radical (unpaired) electrons. The van der Waals surface area contributed by atoms with Crippen molar-refractivity contribution in [3.05, 3.63) is 16.2 Å². The quantitative estimate of drug-likeness (QED) is 0.500. The lowest BCUT2D eigenvalue weighted by molar-refractivity contribution is 0.176. The van der Waals surface area contributed by atoms with Crippen LogP contribution in [0.1, 0.15) is 45.7 Å². The number of ether oxygens (including phenoxy) is 1. The third-order valence-electron chi connectivity index (χ3n) is 3.34. The molecule has 0 spiro atoms. The Balaban J connectivity index is 2.91. The molecule has 0 saturated carbocycles. The van der Waals surface area contributed by atoms with Crippen LogP contribution < -0.4 is 4.74 Å². The van der Waals surface area contributed by atoms with E-state index in [2.05, 4.69) is 46.7 Å². The second-order valence-electron chi connectivity index (χ2n) is 5.13. The summed E-state index contributed by atoms with van der Waals surface area (Å²) in [6.07, 6.45) is 5.19. The normalized spacial score (nSPS) is 12.7. The highest BCUT2D eigenvalue weighted by atomic mass is 79.9. The number of rotatable bonds is 8. The van der Waals surface area contributed by atoms with E-state index in [0.717, 1.165) is 41.7 Å². The Hall–Kier alpha value is -1.10. The highest BCUT2D eigenvalue weighted by molar-refractivity contribution is 9.10. The van der Waals surface area contributed by atoms with Crippen LogP contribution in [0.25, 0.3) is 0 Å². The molecular formula is C16H26BrN3O. The molecule has 1 aromatic heterocycles. The zero-order valence-electron chi connectivity index (χ0n) is 13.7. The van der Waals surface area contributed by atoms with Gasteiger partial charge >= 0.3 is 0 Å². The van der Waals surface area contributed by atoms with Crippen molar-refractivity contribution in [3.8, 4) is 5.88 Å². The molecule has 4 nitrogen and oxygen atoms in total. The molecule has 0 aliphatic carbocycles. The monoisotopic (exact) mass is 355 g/mol. The minimum atomic E-state index is 0.221. The maximum absolute atomic E-state index is 6.00. The molecule has 0 aliphatic heterocycles. The Kier molecular flexibility index (Phi) is 7.72. The Bertz CT molecular complexity index is 477. The van der Waals surface area contributed by atoms with E-state index in [4.69, 9.17) is 4.74 Å². The van der Waals surface area contributed by atoms with Crippen molar-refractivity contribution in [2.45, 2.75) is 53.1 Å². The van der Waals surface area contributed by atoms with E-state index in [-0.39, 0.29) is 6.10 Å². The van der Waals surface area contributed by atoms with Gasteiger partial charge in [0, 0.05) is 13.6 Å². The van der Waals surface area contributed by atoms with Crippen molar-refractivity contribution in [2.24, 2.45) is 4.99 Å². The van der Waals surface area contributed by atoms with Gasteiger partial charge in [-0.1, -0.05) is 20.3 Å². The summed E-state index contributed by atoms with van der Waals surface area (Å²) in [5.41, 5.74) is 1.73. The van der Waals surface area contributed by atoms with E-state index in [1.54, 1.807) is 0 Å². The molecule has 0 fully saturated rings. The standard InChI is InChI=1S/C16H26BrN3O/c1-6-9-13(7-2)21-16-14(17)10-15(12(4)19-16)18-11-20(5)8-3/h10-11,13H,6-9H2,1-5H3/b18-11+. The summed E-state index contributed by atoms with van der Waals surface area (Å²) in [7, 11) is 2.00. The van der Waals surface area contributed by atoms with Crippen molar-refractivity contribution in [1.29, 1.82) is 0 Å². The molecule has 0 aliphatic rings. The number of aliphatic imine (C=N–C) groups is 1. The summed E-state index contributed by atoms with van der Waals surface area (Å²) in [6.45, 7) is 9.27. The topological polar surface area (TPSA) is 37.7 Å². The van der Waals surface area contributed by atoms with E-state index in [1.165, 1.54) is 0 Å². The lowest BCUT2D eigenvalue weighted by Gasteiger charge is -2.17. The van der Waals surface area contributed by atoms with Crippen LogP contribution in [-0.2, 0) is 0 Å². The van der Waals surface area contributed by atoms with Gasteiger partial charge in [0.2, 0.25) is 5.88 Å². The third kappa shape index (κ3) is 5.65. The van der Waals surface area contributed by atoms with E-state index in [9.17, 15) is 0 Å². The highest BCUT2D eigenvalue weighted by Crippen LogP contribution is 2.30. The first-order valence-corrected chi connectivity index (χ1v) is 8.39. The fourth-order valence-electron chi connectivity index (χ4n) is 1.83. The molecule has 1 rings (SSSR count). The molecule has 0 bridgehead atoms. The second kappa shape index (κ2) is 9.03. The number of nitrogens with zero attached hydrogens (tertiary/aromatic N) is 3. The smallest absolute Gasteiger partial charge is 0.228 e. The first kappa shape index (κ1) is 18.0. The largest absolute Gasteiger partial charge is 0.474 e. The fourth-order valence-corrected chi connectivity index (χ4v) is 2.23. The van der Waals surface area contributed by atoms with Gasteiger partial charge in [0.1, 0.15) is 6.10 Å². The second-order valence-corrected chi connectivity index (χ2v) is 5.99. The third-order valence-corrected chi connectivity index (χ3v) is 3.91. The van der Waals surface area contributed by atoms with Gasteiger partial charge in [-0.15, -0.1) is 0 Å². The van der Waals surface area contributed by atoms with Gasteiger partial charge < -0.3 is 9.64 Å². The van der Waals surface area contributed by atoms with Gasteiger partial charge in [0.15, 0.2) is 0 Å². The molecular weight excluding hydrogens is 330 g/mol. The van der Waals surface area contributed by atoms with E-state index < -0.39 is 0 Å². The Morgan fingerprint density at radius 3 is 2.71 bits per heavy atom. The average Bonchev–Trinajstić information content (AvgIpc) is 2.48. The highest BCUT2D eigenvalue weighted by Gasteiger charge is 2.13. The van der Waals surface area contributed by atoms with Gasteiger partial charge in [0.25, 0.3) is 0 Å². The van der Waals surface area contributed by atoms with E-state index in [0.29, 0.717) is 5.88 Å². The lowest BCUT2D eigenvalue weighted by atomic mass is 10.1. The van der Waals surface area contributed by atoms with Crippen molar-refractivity contribution in [2.75, 3.05) is 13.6 Å². The molecule has 0 N–H and O–H groups in total. The van der Waals surface area contributed by atoms with Gasteiger partial charge in [-0.3, -0.25) is 0 Å². The Morgan fingerprint density at radius 1 is 1.43 bits per heavy atom. The van der Waals surface area contributed by atoms with Gasteiger partial charge in [-0.25, -0.2) is 9.98 Å². The summed E-state index contributed by atoms with van der Waals surface area (Å²) >= 11 is 3.54. The summed E-state index contributed by atoms with van der Waals surface area (Å²) in [5, 5.41) is 0. The Morgan fingerprint density at radius 2 is 2.14 bits per heavy atom. The molecule has 1 aromatic rings. The predicted octanol–water partition coefficient (Wildman–Crippen LogP) is 4.72. The van der Waals surface area contributed by atoms with Crippen molar-refractivity contribution >= 4 is 28.0 Å². The predicted molar refractivity (Wildman–Crippen MR) is 92.7 cm³/mol. The number of aromatic nitrogens is 1. The minimum absolute atomic E-state index is 0.221. The molecule has 1 atom stereocenters. The van der Waals surface area contributed by atoms with Crippen molar-refractivity contribution in [3.63, 3.8) is 0 Å². The SMILES string of the molecule is CCCC(CC)Oc1nc(C)c(/N=C/N(C)CC)cc1Br. The lowest BCUT2D eigenvalue weighted by Crippen LogP contribution is -2.16. The van der Waals surface area contributed by atoms with Gasteiger partial charge in [0.05, 0.1) is 22.2 Å². The molecule has 1 unspecified atom stereocenters. The van der Waals surface area contributed by atoms with Crippen LogP contribution in [0, 0.1) is 6.92 Å². The fraction of sp³-hybridized carbons (Fsp3) is 0.625. The minimum Gasteiger partial charge on any atom is -0.474 e. The van der Waals surface area contributed by atoms with Crippen LogP contribution in [0.4, 0.5) is 5.69 Å². The van der Waals surface area contributed by atoms with Crippen LogP contribution >= 0.6 is 15.9 Å². The van der Waals surface area contributed by atoms with Crippen molar-refractivity contribution < 1.29 is 4.74 Å². The van der Waals surface area contributed by atoms with Crippen LogP contribution in [0.3, 0.4) is 0 Å². The maximum Gasteiger partial charge on any atom is 0.228 e. The molecule has 5 heteroatoms. The molecule has 0 saturated heterocycles.